The smallest absolute Gasteiger partial charge is 0.307 e. The van der Waals surface area contributed by atoms with Gasteiger partial charge in [-0.3, -0.25) is 4.79 Å². The van der Waals surface area contributed by atoms with Gasteiger partial charge in [-0.25, -0.2) is 0 Å². The average Bonchev–Trinajstić information content (AvgIpc) is 2.02. The van der Waals surface area contributed by atoms with Crippen molar-refractivity contribution in [2.45, 2.75) is 34.1 Å². The van der Waals surface area contributed by atoms with Gasteiger partial charge in [-0.15, -0.1) is 0 Å². The third-order valence-corrected chi connectivity index (χ3v) is 1.53. The summed E-state index contributed by atoms with van der Waals surface area (Å²) in [6.07, 6.45) is 8.33. The number of rotatable bonds is 4. The fourth-order valence-electron chi connectivity index (χ4n) is 0.786. The maximum absolute atomic E-state index is 10.4. The van der Waals surface area contributed by atoms with Crippen molar-refractivity contribution in [3.05, 3.63) is 35.6 Å². The van der Waals surface area contributed by atoms with E-state index >= 15 is 0 Å². The van der Waals surface area contributed by atoms with Crippen LogP contribution < -0.4 is 0 Å². The van der Waals surface area contributed by atoms with Gasteiger partial charge in [-0.1, -0.05) is 23.3 Å². The standard InChI is InChI=1S/C12H18O2/c1-10(2)6-5-7-11(3)8-9-14-12(4)13/h6-9H,5H2,1-4H3. The second-order valence-corrected chi connectivity index (χ2v) is 3.38. The summed E-state index contributed by atoms with van der Waals surface area (Å²) in [6.45, 7) is 7.49. The van der Waals surface area contributed by atoms with Crippen LogP contribution in [0.1, 0.15) is 34.1 Å². The molecule has 0 aliphatic carbocycles. The predicted molar refractivity (Wildman–Crippen MR) is 58.7 cm³/mol. The van der Waals surface area contributed by atoms with Crippen molar-refractivity contribution in [1.29, 1.82) is 0 Å². The molecule has 2 heteroatoms. The van der Waals surface area contributed by atoms with Gasteiger partial charge in [0.05, 0.1) is 6.26 Å². The number of ether oxygens (including phenoxy) is 1. The topological polar surface area (TPSA) is 26.3 Å². The highest BCUT2D eigenvalue weighted by Gasteiger charge is 1.85. The van der Waals surface area contributed by atoms with E-state index in [-0.39, 0.29) is 5.97 Å². The average molecular weight is 194 g/mol. The van der Waals surface area contributed by atoms with E-state index in [1.165, 1.54) is 18.8 Å². The van der Waals surface area contributed by atoms with Crippen molar-refractivity contribution < 1.29 is 9.53 Å². The van der Waals surface area contributed by atoms with Gasteiger partial charge in [0, 0.05) is 6.92 Å². The Labute approximate surface area is 86.0 Å². The quantitative estimate of drug-likeness (QED) is 0.297. The van der Waals surface area contributed by atoms with Crippen molar-refractivity contribution in [3.63, 3.8) is 0 Å². The highest BCUT2D eigenvalue weighted by molar-refractivity contribution is 5.66. The van der Waals surface area contributed by atoms with E-state index in [0.29, 0.717) is 0 Å². The maximum atomic E-state index is 10.4. The molecule has 78 valence electrons. The zero-order valence-corrected chi connectivity index (χ0v) is 9.33. The molecule has 0 saturated heterocycles. The Morgan fingerprint density at radius 3 is 2.29 bits per heavy atom. The fourth-order valence-corrected chi connectivity index (χ4v) is 0.786. The molecule has 0 atom stereocenters. The van der Waals surface area contributed by atoms with Crippen LogP contribution >= 0.6 is 0 Å². The van der Waals surface area contributed by atoms with Gasteiger partial charge >= 0.3 is 5.97 Å². The van der Waals surface area contributed by atoms with Crippen LogP contribution in [0.4, 0.5) is 0 Å². The molecule has 0 radical (unpaired) electrons. The number of hydrogen-bond donors (Lipinski definition) is 0. The molecular formula is C12H18O2. The number of allylic oxidation sites excluding steroid dienone is 5. The molecule has 0 aliphatic rings. The Morgan fingerprint density at radius 2 is 1.79 bits per heavy atom. The van der Waals surface area contributed by atoms with E-state index in [4.69, 9.17) is 0 Å². The van der Waals surface area contributed by atoms with Gasteiger partial charge < -0.3 is 4.74 Å². The van der Waals surface area contributed by atoms with Gasteiger partial charge in [0.1, 0.15) is 0 Å². The van der Waals surface area contributed by atoms with Crippen LogP contribution in [0.2, 0.25) is 0 Å². The molecule has 14 heavy (non-hydrogen) atoms. The number of carbonyl (C=O) groups is 1. The Hall–Kier alpha value is -1.31. The predicted octanol–water partition coefficient (Wildman–Crippen LogP) is 3.37. The molecule has 0 heterocycles. The number of hydrogen-bond acceptors (Lipinski definition) is 2. The molecular weight excluding hydrogens is 176 g/mol. The Morgan fingerprint density at radius 1 is 1.14 bits per heavy atom. The molecule has 0 aromatic heterocycles. The van der Waals surface area contributed by atoms with Gasteiger partial charge in [0.25, 0.3) is 0 Å². The normalized spacial score (nSPS) is 11.6. The van der Waals surface area contributed by atoms with Crippen molar-refractivity contribution in [3.8, 4) is 0 Å². The summed E-state index contributed by atoms with van der Waals surface area (Å²) in [7, 11) is 0. The first-order valence-electron chi connectivity index (χ1n) is 4.66. The fraction of sp³-hybridized carbons (Fsp3) is 0.417. The van der Waals surface area contributed by atoms with Crippen molar-refractivity contribution >= 4 is 5.97 Å². The number of carbonyl (C=O) groups excluding carboxylic acids is 1. The number of esters is 1. The highest BCUT2D eigenvalue weighted by Crippen LogP contribution is 2.00. The molecule has 0 aromatic rings. The molecule has 0 aliphatic heterocycles. The van der Waals surface area contributed by atoms with Crippen LogP contribution in [0.25, 0.3) is 0 Å². The monoisotopic (exact) mass is 194 g/mol. The molecule has 0 aromatic carbocycles. The van der Waals surface area contributed by atoms with Crippen LogP contribution in [-0.4, -0.2) is 5.97 Å². The minimum Gasteiger partial charge on any atom is -0.435 e. The lowest BCUT2D eigenvalue weighted by atomic mass is 10.2. The van der Waals surface area contributed by atoms with Gasteiger partial charge in [-0.05, 0) is 33.3 Å². The summed E-state index contributed by atoms with van der Waals surface area (Å²) in [6, 6.07) is 0. The van der Waals surface area contributed by atoms with E-state index in [9.17, 15) is 4.79 Å². The lowest BCUT2D eigenvalue weighted by Crippen LogP contribution is -1.89. The van der Waals surface area contributed by atoms with E-state index in [0.717, 1.165) is 12.0 Å². The van der Waals surface area contributed by atoms with Gasteiger partial charge in [-0.2, -0.15) is 0 Å². The summed E-state index contributed by atoms with van der Waals surface area (Å²) in [5.41, 5.74) is 2.39. The lowest BCUT2D eigenvalue weighted by molar-refractivity contribution is -0.135. The minimum absolute atomic E-state index is 0.293. The first-order chi connectivity index (χ1) is 6.52. The van der Waals surface area contributed by atoms with Crippen molar-refractivity contribution in [2.75, 3.05) is 0 Å². The van der Waals surface area contributed by atoms with Crippen molar-refractivity contribution in [2.24, 2.45) is 0 Å². The lowest BCUT2D eigenvalue weighted by Gasteiger charge is -1.93. The Balaban J connectivity index is 3.94. The summed E-state index contributed by atoms with van der Waals surface area (Å²) in [4.78, 5) is 10.4. The summed E-state index contributed by atoms with van der Waals surface area (Å²) < 4.78 is 4.66. The van der Waals surface area contributed by atoms with E-state index in [1.54, 1.807) is 6.08 Å². The van der Waals surface area contributed by atoms with Crippen molar-refractivity contribution in [1.82, 2.24) is 0 Å². The van der Waals surface area contributed by atoms with Gasteiger partial charge in [0.15, 0.2) is 0 Å². The van der Waals surface area contributed by atoms with Crippen LogP contribution in [0.3, 0.4) is 0 Å². The van der Waals surface area contributed by atoms with Crippen LogP contribution in [0.15, 0.2) is 35.6 Å². The summed E-state index contributed by atoms with van der Waals surface area (Å²) in [5, 5.41) is 0. The second-order valence-electron chi connectivity index (χ2n) is 3.38. The van der Waals surface area contributed by atoms with E-state index in [1.807, 2.05) is 6.92 Å². The molecule has 0 bridgehead atoms. The molecule has 0 spiro atoms. The van der Waals surface area contributed by atoms with E-state index in [2.05, 4.69) is 30.7 Å². The largest absolute Gasteiger partial charge is 0.435 e. The third-order valence-electron chi connectivity index (χ3n) is 1.53. The first kappa shape index (κ1) is 12.7. The highest BCUT2D eigenvalue weighted by atomic mass is 16.5. The zero-order valence-electron chi connectivity index (χ0n) is 9.33. The molecule has 0 N–H and O–H groups in total. The first-order valence-corrected chi connectivity index (χ1v) is 4.66. The Bertz CT molecular complexity index is 266. The molecule has 0 fully saturated rings. The molecule has 0 saturated carbocycles. The SMILES string of the molecule is CC(=O)OC=CC(C)=CCC=C(C)C. The van der Waals surface area contributed by atoms with Crippen LogP contribution in [0.5, 0.6) is 0 Å². The molecule has 2 nitrogen and oxygen atoms in total. The summed E-state index contributed by atoms with van der Waals surface area (Å²) >= 11 is 0. The van der Waals surface area contributed by atoms with Gasteiger partial charge in [0.2, 0.25) is 0 Å². The minimum atomic E-state index is -0.293. The zero-order chi connectivity index (χ0) is 11.0. The van der Waals surface area contributed by atoms with Crippen LogP contribution in [-0.2, 0) is 9.53 Å². The summed E-state index contributed by atoms with van der Waals surface area (Å²) in [5.74, 6) is -0.293. The molecule has 0 unspecified atom stereocenters. The Kier molecular flexibility index (Phi) is 6.46. The third kappa shape index (κ3) is 8.78. The van der Waals surface area contributed by atoms with E-state index < -0.39 is 0 Å². The second kappa shape index (κ2) is 7.13. The maximum Gasteiger partial charge on any atom is 0.307 e. The van der Waals surface area contributed by atoms with Crippen LogP contribution in [0, 0.1) is 0 Å². The molecule has 0 amide bonds. The molecule has 0 rings (SSSR count).